The normalized spacial score (nSPS) is 15.1. The van der Waals surface area contributed by atoms with E-state index >= 15 is 0 Å². The number of oxime groups is 1. The van der Waals surface area contributed by atoms with Crippen LogP contribution in [-0.2, 0) is 4.84 Å². The van der Waals surface area contributed by atoms with E-state index in [4.69, 9.17) is 20.0 Å². The summed E-state index contributed by atoms with van der Waals surface area (Å²) in [5.41, 5.74) is 8.32. The van der Waals surface area contributed by atoms with Crippen molar-refractivity contribution in [2.45, 2.75) is 6.92 Å². The standard InChI is InChI=1S/C15H13N3O3S.C10H13NO/c1-17-14(19)13-12(16)8-4-7-5-10-11(21-3-2-20-10)6-9(7)18-15(8)22-13;1-9(11-12-2)10-7-5-3-4-6-8-10/h4-6H,2-3,16H2,1H3,(H,17,19);3-8,10H,1-2H3/b;11-9+. The molecule has 3 N–H and O–H groups in total. The summed E-state index contributed by atoms with van der Waals surface area (Å²) in [5.74, 6) is 1.47. The van der Waals surface area contributed by atoms with Gasteiger partial charge in [-0.25, -0.2) is 4.98 Å². The van der Waals surface area contributed by atoms with Crippen molar-refractivity contribution in [3.8, 4) is 11.5 Å². The number of hydrogen-bond donors (Lipinski definition) is 2. The summed E-state index contributed by atoms with van der Waals surface area (Å²) in [6.45, 7) is 3.03. The van der Waals surface area contributed by atoms with Crippen LogP contribution in [0.5, 0.6) is 11.5 Å². The first-order chi connectivity index (χ1) is 16.5. The maximum Gasteiger partial charge on any atom is 0.263 e. The highest BCUT2D eigenvalue weighted by Crippen LogP contribution is 2.38. The van der Waals surface area contributed by atoms with E-state index in [1.54, 1.807) is 14.2 Å². The quantitative estimate of drug-likeness (QED) is 0.425. The molecule has 0 saturated carbocycles. The highest BCUT2D eigenvalue weighted by atomic mass is 32.1. The number of nitrogens with zero attached hydrogens (tertiary/aromatic N) is 2. The molecule has 0 unspecified atom stereocenters. The Labute approximate surface area is 201 Å². The van der Waals surface area contributed by atoms with Gasteiger partial charge in [0.05, 0.1) is 16.9 Å². The third kappa shape index (κ3) is 4.89. The minimum absolute atomic E-state index is 0.199. The first-order valence-electron chi connectivity index (χ1n) is 10.8. The minimum atomic E-state index is -0.199. The van der Waals surface area contributed by atoms with Crippen LogP contribution in [0, 0.1) is 5.92 Å². The minimum Gasteiger partial charge on any atom is -0.486 e. The third-order valence-corrected chi connectivity index (χ3v) is 6.41. The molecule has 1 aliphatic carbocycles. The molecule has 9 heteroatoms. The number of nitrogens with one attached hydrogen (secondary N) is 1. The zero-order valence-corrected chi connectivity index (χ0v) is 20.0. The summed E-state index contributed by atoms with van der Waals surface area (Å²) in [6, 6.07) is 5.69. The molecule has 3 aromatic rings. The molecule has 8 nitrogen and oxygen atoms in total. The summed E-state index contributed by atoms with van der Waals surface area (Å²) in [6.07, 6.45) is 12.2. The zero-order valence-electron chi connectivity index (χ0n) is 19.2. The molecule has 0 fully saturated rings. The van der Waals surface area contributed by atoms with E-state index in [1.807, 2.05) is 49.4 Å². The van der Waals surface area contributed by atoms with Crippen LogP contribution in [0.4, 0.5) is 5.69 Å². The molecule has 1 aromatic carbocycles. The number of nitrogen functional groups attached to an aromatic ring is 1. The van der Waals surface area contributed by atoms with Gasteiger partial charge in [-0.15, -0.1) is 11.3 Å². The summed E-state index contributed by atoms with van der Waals surface area (Å²) in [4.78, 5) is 22.4. The second-order valence-corrected chi connectivity index (χ2v) is 8.55. The Bertz CT molecular complexity index is 1320. The molecule has 0 bridgehead atoms. The first kappa shape index (κ1) is 23.3. The molecule has 5 rings (SSSR count). The van der Waals surface area contributed by atoms with Gasteiger partial charge >= 0.3 is 0 Å². The first-order valence-corrected chi connectivity index (χ1v) is 11.6. The average molecular weight is 479 g/mol. The third-order valence-electron chi connectivity index (χ3n) is 5.30. The van der Waals surface area contributed by atoms with Crippen molar-refractivity contribution in [1.29, 1.82) is 0 Å². The van der Waals surface area contributed by atoms with E-state index in [0.29, 0.717) is 35.3 Å². The maximum absolute atomic E-state index is 11.9. The van der Waals surface area contributed by atoms with Gasteiger partial charge < -0.3 is 25.4 Å². The number of hydrogen-bond acceptors (Lipinski definition) is 8. The number of aromatic nitrogens is 1. The molecule has 176 valence electrons. The zero-order chi connectivity index (χ0) is 24.1. The van der Waals surface area contributed by atoms with Crippen molar-refractivity contribution < 1.29 is 19.1 Å². The number of allylic oxidation sites excluding steroid dienone is 6. The van der Waals surface area contributed by atoms with Crippen molar-refractivity contribution in [3.63, 3.8) is 0 Å². The average Bonchev–Trinajstić information content (AvgIpc) is 3.02. The van der Waals surface area contributed by atoms with Gasteiger partial charge in [-0.1, -0.05) is 41.6 Å². The van der Waals surface area contributed by atoms with Gasteiger partial charge in [0.15, 0.2) is 11.5 Å². The van der Waals surface area contributed by atoms with Crippen LogP contribution in [-0.4, -0.2) is 44.0 Å². The lowest BCUT2D eigenvalue weighted by Gasteiger charge is -2.18. The number of pyridine rings is 1. The highest BCUT2D eigenvalue weighted by Gasteiger charge is 2.19. The predicted molar refractivity (Wildman–Crippen MR) is 137 cm³/mol. The predicted octanol–water partition coefficient (Wildman–Crippen LogP) is 4.47. The van der Waals surface area contributed by atoms with Crippen LogP contribution >= 0.6 is 11.3 Å². The van der Waals surface area contributed by atoms with Crippen LogP contribution in [0.15, 0.2) is 59.8 Å². The van der Waals surface area contributed by atoms with E-state index in [2.05, 4.69) is 27.6 Å². The summed E-state index contributed by atoms with van der Waals surface area (Å²) in [7, 11) is 3.14. The lowest BCUT2D eigenvalue weighted by atomic mass is 10.0. The number of nitrogens with two attached hydrogens (primary N) is 1. The van der Waals surface area contributed by atoms with Gasteiger partial charge in [-0.2, -0.15) is 0 Å². The number of carbonyl (C=O) groups is 1. The van der Waals surface area contributed by atoms with Crippen LogP contribution in [0.1, 0.15) is 16.6 Å². The fourth-order valence-electron chi connectivity index (χ4n) is 3.56. The molecule has 0 radical (unpaired) electrons. The molecule has 34 heavy (non-hydrogen) atoms. The number of anilines is 1. The maximum atomic E-state index is 11.9. The van der Waals surface area contributed by atoms with Crippen LogP contribution < -0.4 is 20.5 Å². The monoisotopic (exact) mass is 478 g/mol. The summed E-state index contributed by atoms with van der Waals surface area (Å²) >= 11 is 1.29. The van der Waals surface area contributed by atoms with Crippen molar-refractivity contribution in [2.24, 2.45) is 11.1 Å². The molecule has 0 spiro atoms. The lowest BCUT2D eigenvalue weighted by Crippen LogP contribution is -2.17. The Morgan fingerprint density at radius 2 is 1.82 bits per heavy atom. The Balaban J connectivity index is 0.000000195. The fraction of sp³-hybridized carbons (Fsp3) is 0.240. The van der Waals surface area contributed by atoms with Gasteiger partial charge in [0.2, 0.25) is 0 Å². The van der Waals surface area contributed by atoms with Gasteiger partial charge in [0, 0.05) is 29.8 Å². The molecule has 2 aromatic heterocycles. The van der Waals surface area contributed by atoms with Crippen LogP contribution in [0.2, 0.25) is 0 Å². The number of rotatable bonds is 3. The molecular formula is C25H26N4O4S. The molecule has 0 atom stereocenters. The Hall–Kier alpha value is -3.85. The second kappa shape index (κ2) is 10.4. The van der Waals surface area contributed by atoms with E-state index in [0.717, 1.165) is 26.8 Å². The number of fused-ring (bicyclic) bond motifs is 3. The number of carbonyl (C=O) groups excluding carboxylic acids is 1. The van der Waals surface area contributed by atoms with Crippen LogP contribution in [0.25, 0.3) is 21.1 Å². The van der Waals surface area contributed by atoms with E-state index in [9.17, 15) is 4.79 Å². The van der Waals surface area contributed by atoms with Crippen LogP contribution in [0.3, 0.4) is 0 Å². The van der Waals surface area contributed by atoms with Crippen molar-refractivity contribution in [3.05, 3.63) is 59.5 Å². The molecule has 1 aliphatic heterocycles. The molecule has 1 amide bonds. The highest BCUT2D eigenvalue weighted by molar-refractivity contribution is 7.21. The molecule has 3 heterocycles. The van der Waals surface area contributed by atoms with Crippen molar-refractivity contribution in [2.75, 3.05) is 33.1 Å². The van der Waals surface area contributed by atoms with Gasteiger partial charge in [-0.3, -0.25) is 4.79 Å². The van der Waals surface area contributed by atoms with E-state index < -0.39 is 0 Å². The number of thiophene rings is 1. The number of amides is 1. The summed E-state index contributed by atoms with van der Waals surface area (Å²) < 4.78 is 11.2. The van der Waals surface area contributed by atoms with E-state index in [-0.39, 0.29) is 11.8 Å². The van der Waals surface area contributed by atoms with E-state index in [1.165, 1.54) is 11.3 Å². The lowest BCUT2D eigenvalue weighted by molar-refractivity contribution is 0.0968. The van der Waals surface area contributed by atoms with Crippen molar-refractivity contribution >= 4 is 49.8 Å². The number of benzene rings is 1. The van der Waals surface area contributed by atoms with Crippen molar-refractivity contribution in [1.82, 2.24) is 10.3 Å². The fourth-order valence-corrected chi connectivity index (χ4v) is 4.59. The topological polar surface area (TPSA) is 108 Å². The molecule has 0 saturated heterocycles. The summed E-state index contributed by atoms with van der Waals surface area (Å²) in [5, 5.41) is 8.16. The molecule has 2 aliphatic rings. The largest absolute Gasteiger partial charge is 0.486 e. The Kier molecular flexibility index (Phi) is 7.12. The Morgan fingerprint density at radius 1 is 1.15 bits per heavy atom. The van der Waals surface area contributed by atoms with Gasteiger partial charge in [-0.05, 0) is 19.1 Å². The Morgan fingerprint density at radius 3 is 2.47 bits per heavy atom. The number of ether oxygens (including phenoxy) is 2. The molecular weight excluding hydrogens is 452 g/mol. The van der Waals surface area contributed by atoms with Gasteiger partial charge in [0.25, 0.3) is 5.91 Å². The smallest absolute Gasteiger partial charge is 0.263 e. The second-order valence-electron chi connectivity index (χ2n) is 7.55. The SMILES string of the molecule is CNC(=O)c1sc2nc3cc4c(cc3cc2c1N)OCCO4.CO/N=C(\C)C1C=CC=CC=C1. The van der Waals surface area contributed by atoms with Gasteiger partial charge in [0.1, 0.15) is 30.0 Å².